The van der Waals surface area contributed by atoms with E-state index in [1.165, 1.54) is 4.31 Å². The second kappa shape index (κ2) is 6.06. The quantitative estimate of drug-likeness (QED) is 0.857. The lowest BCUT2D eigenvalue weighted by atomic mass is 10.0. The van der Waals surface area contributed by atoms with Gasteiger partial charge in [0.2, 0.25) is 10.0 Å². The summed E-state index contributed by atoms with van der Waals surface area (Å²) in [6, 6.07) is 13.3. The number of hydrogen-bond acceptors (Lipinski definition) is 2. The summed E-state index contributed by atoms with van der Waals surface area (Å²) >= 11 is 0. The highest BCUT2D eigenvalue weighted by atomic mass is 32.2. The van der Waals surface area contributed by atoms with Gasteiger partial charge in [-0.05, 0) is 38.0 Å². The van der Waals surface area contributed by atoms with E-state index in [0.29, 0.717) is 5.56 Å². The fraction of sp³-hybridized carbons (Fsp3) is 0.333. The molecule has 1 aliphatic heterocycles. The summed E-state index contributed by atoms with van der Waals surface area (Å²) in [5.74, 6) is 0. The zero-order chi connectivity index (χ0) is 16.6. The van der Waals surface area contributed by atoms with E-state index in [1.54, 1.807) is 24.3 Å². The highest BCUT2D eigenvalue weighted by Crippen LogP contribution is 2.38. The Labute approximate surface area is 136 Å². The molecule has 2 aromatic carbocycles. The first-order chi connectivity index (χ1) is 10.9. The Morgan fingerprint density at radius 3 is 2.04 bits per heavy atom. The molecule has 3 rings (SSSR count). The maximum absolute atomic E-state index is 14.4. The van der Waals surface area contributed by atoms with Crippen molar-refractivity contribution in [3.8, 4) is 0 Å². The van der Waals surface area contributed by atoms with Gasteiger partial charge in [0.15, 0.2) is 0 Å². The fourth-order valence-electron chi connectivity index (χ4n) is 2.98. The van der Waals surface area contributed by atoms with Crippen LogP contribution in [-0.2, 0) is 10.0 Å². The minimum absolute atomic E-state index is 0.204. The van der Waals surface area contributed by atoms with Gasteiger partial charge in [-0.15, -0.1) is 0 Å². The zero-order valence-electron chi connectivity index (χ0n) is 13.2. The molecule has 2 aromatic rings. The molecule has 0 saturated carbocycles. The van der Waals surface area contributed by atoms with Crippen LogP contribution in [0.15, 0.2) is 53.4 Å². The number of rotatable bonds is 3. The van der Waals surface area contributed by atoms with Gasteiger partial charge in [-0.1, -0.05) is 47.5 Å². The molecule has 0 amide bonds. The van der Waals surface area contributed by atoms with Crippen molar-refractivity contribution in [2.75, 3.05) is 6.54 Å². The molecule has 0 bridgehead atoms. The molecule has 0 radical (unpaired) electrons. The Kier molecular flexibility index (Phi) is 4.25. The van der Waals surface area contributed by atoms with Gasteiger partial charge in [-0.2, -0.15) is 4.31 Å². The molecule has 2 atom stereocenters. The second-order valence-corrected chi connectivity index (χ2v) is 7.98. The lowest BCUT2D eigenvalue weighted by molar-refractivity contribution is 0.262. The molecular formula is C18H20FNO2S. The Morgan fingerprint density at radius 2 is 1.48 bits per heavy atom. The smallest absolute Gasteiger partial charge is 0.243 e. The molecule has 23 heavy (non-hydrogen) atoms. The van der Waals surface area contributed by atoms with Crippen LogP contribution in [0.4, 0.5) is 4.39 Å². The first-order valence-corrected chi connectivity index (χ1v) is 9.13. The van der Waals surface area contributed by atoms with Crippen LogP contribution in [0, 0.1) is 13.8 Å². The van der Waals surface area contributed by atoms with Gasteiger partial charge in [0.05, 0.1) is 10.9 Å². The Bertz CT molecular complexity index is 785. The van der Waals surface area contributed by atoms with Gasteiger partial charge in [0, 0.05) is 6.54 Å². The number of sulfonamides is 1. The van der Waals surface area contributed by atoms with Crippen LogP contribution in [0.3, 0.4) is 0 Å². The number of halogens is 1. The highest BCUT2D eigenvalue weighted by molar-refractivity contribution is 7.89. The molecule has 0 spiro atoms. The van der Waals surface area contributed by atoms with Crippen LogP contribution in [-0.4, -0.2) is 25.4 Å². The summed E-state index contributed by atoms with van der Waals surface area (Å²) in [6.45, 7) is 4.06. The van der Waals surface area contributed by atoms with Gasteiger partial charge in [0.1, 0.15) is 6.17 Å². The molecule has 0 aromatic heterocycles. The number of benzene rings is 2. The Balaban J connectivity index is 2.00. The van der Waals surface area contributed by atoms with E-state index in [4.69, 9.17) is 0 Å². The molecule has 1 heterocycles. The van der Waals surface area contributed by atoms with Crippen molar-refractivity contribution in [2.24, 2.45) is 0 Å². The molecule has 1 fully saturated rings. The molecule has 3 nitrogen and oxygen atoms in total. The van der Waals surface area contributed by atoms with E-state index in [1.807, 2.05) is 38.1 Å². The summed E-state index contributed by atoms with van der Waals surface area (Å²) in [5, 5.41) is 0. The number of aryl methyl sites for hydroxylation is 2. The normalized spacial score (nSPS) is 22.4. The molecule has 1 aliphatic rings. The maximum Gasteiger partial charge on any atom is 0.243 e. The van der Waals surface area contributed by atoms with Gasteiger partial charge in [-0.3, -0.25) is 0 Å². The van der Waals surface area contributed by atoms with E-state index in [2.05, 4.69) is 0 Å². The molecule has 0 aliphatic carbocycles. The highest BCUT2D eigenvalue weighted by Gasteiger charge is 2.42. The van der Waals surface area contributed by atoms with Crippen LogP contribution in [0.1, 0.15) is 29.2 Å². The summed E-state index contributed by atoms with van der Waals surface area (Å²) in [5.41, 5.74) is 2.76. The average molecular weight is 333 g/mol. The maximum atomic E-state index is 14.4. The first kappa shape index (κ1) is 16.1. The average Bonchev–Trinajstić information content (AvgIpc) is 2.91. The third kappa shape index (κ3) is 3.03. The molecule has 5 heteroatoms. The fourth-order valence-corrected chi connectivity index (χ4v) is 4.63. The SMILES string of the molecule is Cc1ccc(C2C(F)CCN2S(=O)(=O)c2ccc(C)cc2)cc1. The van der Waals surface area contributed by atoms with Crippen molar-refractivity contribution in [3.05, 3.63) is 65.2 Å². The second-order valence-electron chi connectivity index (χ2n) is 6.09. The minimum atomic E-state index is -3.70. The predicted molar refractivity (Wildman–Crippen MR) is 88.5 cm³/mol. The first-order valence-electron chi connectivity index (χ1n) is 7.69. The third-order valence-corrected chi connectivity index (χ3v) is 6.22. The molecule has 0 N–H and O–H groups in total. The largest absolute Gasteiger partial charge is 0.245 e. The van der Waals surface area contributed by atoms with Gasteiger partial charge in [0.25, 0.3) is 0 Å². The van der Waals surface area contributed by atoms with Gasteiger partial charge < -0.3 is 0 Å². The standard InChI is InChI=1S/C18H20FNO2S/c1-13-3-7-15(8-4-13)18-17(19)11-12-20(18)23(21,22)16-9-5-14(2)6-10-16/h3-10,17-18H,11-12H2,1-2H3. The van der Waals surface area contributed by atoms with E-state index >= 15 is 0 Å². The van der Waals surface area contributed by atoms with E-state index in [-0.39, 0.29) is 17.9 Å². The summed E-state index contributed by atoms with van der Waals surface area (Å²) in [4.78, 5) is 0.217. The zero-order valence-corrected chi connectivity index (χ0v) is 14.1. The molecule has 1 saturated heterocycles. The van der Waals surface area contributed by atoms with Crippen LogP contribution in [0.5, 0.6) is 0 Å². The number of nitrogens with zero attached hydrogens (tertiary/aromatic N) is 1. The van der Waals surface area contributed by atoms with E-state index in [9.17, 15) is 12.8 Å². The summed E-state index contributed by atoms with van der Waals surface area (Å²) in [7, 11) is -3.70. The van der Waals surface area contributed by atoms with Crippen LogP contribution < -0.4 is 0 Å². The molecule has 2 unspecified atom stereocenters. The van der Waals surface area contributed by atoms with E-state index < -0.39 is 22.2 Å². The molecule has 122 valence electrons. The lowest BCUT2D eigenvalue weighted by Gasteiger charge is -2.25. The summed E-state index contributed by atoms with van der Waals surface area (Å²) in [6.07, 6.45) is -0.957. The van der Waals surface area contributed by atoms with Crippen LogP contribution >= 0.6 is 0 Å². The van der Waals surface area contributed by atoms with Crippen molar-refractivity contribution < 1.29 is 12.8 Å². The van der Waals surface area contributed by atoms with Crippen molar-refractivity contribution in [1.82, 2.24) is 4.31 Å². The lowest BCUT2D eigenvalue weighted by Crippen LogP contribution is -2.32. The van der Waals surface area contributed by atoms with Crippen molar-refractivity contribution >= 4 is 10.0 Å². The predicted octanol–water partition coefficient (Wildman–Crippen LogP) is 3.78. The number of hydrogen-bond donors (Lipinski definition) is 0. The van der Waals surface area contributed by atoms with Crippen molar-refractivity contribution in [1.29, 1.82) is 0 Å². The van der Waals surface area contributed by atoms with E-state index in [0.717, 1.165) is 11.1 Å². The number of alkyl halides is 1. The topological polar surface area (TPSA) is 37.4 Å². The van der Waals surface area contributed by atoms with Gasteiger partial charge >= 0.3 is 0 Å². The third-order valence-electron chi connectivity index (χ3n) is 4.32. The monoisotopic (exact) mass is 333 g/mol. The van der Waals surface area contributed by atoms with Crippen LogP contribution in [0.25, 0.3) is 0 Å². The van der Waals surface area contributed by atoms with Crippen molar-refractivity contribution in [2.45, 2.75) is 37.4 Å². The summed E-state index contributed by atoms with van der Waals surface area (Å²) < 4.78 is 41.5. The van der Waals surface area contributed by atoms with Gasteiger partial charge in [-0.25, -0.2) is 12.8 Å². The van der Waals surface area contributed by atoms with Crippen molar-refractivity contribution in [3.63, 3.8) is 0 Å². The Hall–Kier alpha value is -1.72. The molecular weight excluding hydrogens is 313 g/mol. The van der Waals surface area contributed by atoms with Crippen LogP contribution in [0.2, 0.25) is 0 Å². The Morgan fingerprint density at radius 1 is 0.957 bits per heavy atom. The minimum Gasteiger partial charge on any atom is -0.245 e.